The average molecular weight is 520 g/mol. The molecule has 2 bridgehead atoms. The Bertz CT molecular complexity index is 1120. The number of nitriles is 1. The summed E-state index contributed by atoms with van der Waals surface area (Å²) in [5, 5.41) is 61.2. The second-order valence-electron chi connectivity index (χ2n) is 9.40. The molecule has 5 N–H and O–H groups in total. The largest absolute Gasteiger partial charge is 0.479 e. The third-order valence-electron chi connectivity index (χ3n) is 6.93. The number of carboxylic acids is 2. The number of fused-ring (bicyclic) bond motifs is 2. The SMILES string of the molecule is C=C(CCC12OC(C#N)C(O)(C(=O)O)C(C(=O)O)(O1)C(O)C2O)C(OC(C)=O)C(C)Cc1ccccc1. The maximum absolute atomic E-state index is 12.2. The molecule has 37 heavy (non-hydrogen) atoms. The van der Waals surface area contributed by atoms with Gasteiger partial charge in [-0.25, -0.2) is 9.59 Å². The molecule has 0 aromatic heterocycles. The summed E-state index contributed by atoms with van der Waals surface area (Å²) in [4.78, 5) is 35.9. The molecule has 2 fully saturated rings. The standard InChI is InChI=1S/C25H29NO11/c1-13(18(35-15(3)27)14(2)11-16-7-5-4-6-8-16)9-10-23-19(28)20(29)25(37-23,22(32)33)24(34,21(30)31)17(12-26)36-23/h4-8,14,17-20,28-29,34H,1,9-11H2,2-3H3,(H,30,31)(H,32,33). The minimum absolute atomic E-state index is 0.111. The number of aliphatic hydroxyl groups excluding tert-OH is 2. The van der Waals surface area contributed by atoms with Crippen LogP contribution >= 0.6 is 0 Å². The first-order chi connectivity index (χ1) is 17.3. The lowest BCUT2D eigenvalue weighted by Crippen LogP contribution is -2.76. The summed E-state index contributed by atoms with van der Waals surface area (Å²) < 4.78 is 16.2. The zero-order valence-electron chi connectivity index (χ0n) is 20.2. The number of carboxylic acid groups (broad SMARTS) is 2. The van der Waals surface area contributed by atoms with Crippen LogP contribution in [0.3, 0.4) is 0 Å². The third kappa shape index (κ3) is 4.49. The van der Waals surface area contributed by atoms with Crippen LogP contribution in [0, 0.1) is 17.2 Å². The van der Waals surface area contributed by atoms with Crippen molar-refractivity contribution in [2.45, 2.75) is 74.5 Å². The predicted molar refractivity (Wildman–Crippen MR) is 123 cm³/mol. The molecule has 0 aliphatic carbocycles. The summed E-state index contributed by atoms with van der Waals surface area (Å²) in [7, 11) is 0. The second-order valence-corrected chi connectivity index (χ2v) is 9.40. The van der Waals surface area contributed by atoms with E-state index in [9.17, 15) is 45.2 Å². The van der Waals surface area contributed by atoms with Gasteiger partial charge in [0.1, 0.15) is 18.3 Å². The van der Waals surface area contributed by atoms with Crippen LogP contribution in [0.15, 0.2) is 42.5 Å². The van der Waals surface area contributed by atoms with Crippen molar-refractivity contribution in [2.24, 2.45) is 5.92 Å². The van der Waals surface area contributed by atoms with E-state index in [1.54, 1.807) is 0 Å². The Balaban J connectivity index is 1.89. The zero-order valence-corrected chi connectivity index (χ0v) is 20.2. The van der Waals surface area contributed by atoms with Gasteiger partial charge in [-0.3, -0.25) is 4.79 Å². The van der Waals surface area contributed by atoms with Crippen molar-refractivity contribution >= 4 is 17.9 Å². The fraction of sp³-hybridized carbons (Fsp3) is 0.520. The van der Waals surface area contributed by atoms with Gasteiger partial charge in [-0.1, -0.05) is 43.8 Å². The van der Waals surface area contributed by atoms with Crippen LogP contribution in [0.2, 0.25) is 0 Å². The summed E-state index contributed by atoms with van der Waals surface area (Å²) >= 11 is 0. The normalized spacial score (nSPS) is 34.1. The van der Waals surface area contributed by atoms with Crippen LogP contribution in [0.1, 0.15) is 32.3 Å². The molecule has 0 radical (unpaired) electrons. The van der Waals surface area contributed by atoms with Gasteiger partial charge in [0.25, 0.3) is 0 Å². The highest BCUT2D eigenvalue weighted by Gasteiger charge is 2.83. The Morgan fingerprint density at radius 2 is 1.78 bits per heavy atom. The maximum atomic E-state index is 12.2. The highest BCUT2D eigenvalue weighted by Crippen LogP contribution is 2.54. The van der Waals surface area contributed by atoms with E-state index in [1.165, 1.54) is 13.0 Å². The lowest BCUT2D eigenvalue weighted by Gasteiger charge is -2.48. The van der Waals surface area contributed by atoms with Gasteiger partial charge in [-0.05, 0) is 24.0 Å². The number of rotatable bonds is 10. The molecule has 1 aromatic rings. The summed E-state index contributed by atoms with van der Waals surface area (Å²) in [6.45, 7) is 7.03. The summed E-state index contributed by atoms with van der Waals surface area (Å²) in [5.74, 6) is -7.52. The van der Waals surface area contributed by atoms with E-state index in [4.69, 9.17) is 14.2 Å². The van der Waals surface area contributed by atoms with Crippen molar-refractivity contribution < 1.29 is 54.1 Å². The fourth-order valence-electron chi connectivity index (χ4n) is 5.07. The Morgan fingerprint density at radius 1 is 1.16 bits per heavy atom. The van der Waals surface area contributed by atoms with Crippen LogP contribution in [0.25, 0.3) is 0 Å². The number of carbonyl (C=O) groups is 3. The number of ether oxygens (including phenoxy) is 3. The minimum atomic E-state index is -3.55. The molecule has 1 aromatic carbocycles. The third-order valence-corrected chi connectivity index (χ3v) is 6.93. The fourth-order valence-corrected chi connectivity index (χ4v) is 5.07. The molecule has 0 spiro atoms. The van der Waals surface area contributed by atoms with Crippen LogP contribution in [-0.4, -0.2) is 84.8 Å². The number of aliphatic carboxylic acids is 2. The van der Waals surface area contributed by atoms with Crippen LogP contribution in [-0.2, 0) is 35.0 Å². The Labute approximate surface area is 212 Å². The van der Waals surface area contributed by atoms with Gasteiger partial charge in [0.15, 0.2) is 6.10 Å². The second kappa shape index (κ2) is 10.2. The van der Waals surface area contributed by atoms with Gasteiger partial charge in [-0.2, -0.15) is 5.26 Å². The number of nitrogens with zero attached hydrogens (tertiary/aromatic N) is 1. The molecule has 8 unspecified atom stereocenters. The van der Waals surface area contributed by atoms with E-state index in [-0.39, 0.29) is 12.3 Å². The van der Waals surface area contributed by atoms with Crippen molar-refractivity contribution in [3.05, 3.63) is 48.0 Å². The molecule has 3 rings (SSSR count). The lowest BCUT2D eigenvalue weighted by atomic mass is 9.75. The van der Waals surface area contributed by atoms with Crippen molar-refractivity contribution in [3.8, 4) is 6.07 Å². The summed E-state index contributed by atoms with van der Waals surface area (Å²) in [6.07, 6.45) is -7.78. The number of esters is 1. The predicted octanol–water partition coefficient (Wildman–Crippen LogP) is 0.143. The van der Waals surface area contributed by atoms with Gasteiger partial charge in [-0.15, -0.1) is 0 Å². The smallest absolute Gasteiger partial charge is 0.343 e. The number of hydrogen-bond donors (Lipinski definition) is 5. The van der Waals surface area contributed by atoms with Gasteiger partial charge >= 0.3 is 17.9 Å². The van der Waals surface area contributed by atoms with E-state index >= 15 is 0 Å². The molecule has 2 saturated heterocycles. The van der Waals surface area contributed by atoms with Crippen molar-refractivity contribution in [1.29, 1.82) is 5.26 Å². The maximum Gasteiger partial charge on any atom is 0.343 e. The number of carbonyl (C=O) groups excluding carboxylic acids is 1. The molecule has 200 valence electrons. The van der Waals surface area contributed by atoms with Crippen LogP contribution in [0.5, 0.6) is 0 Å². The van der Waals surface area contributed by atoms with Crippen molar-refractivity contribution in [3.63, 3.8) is 0 Å². The quantitative estimate of drug-likeness (QED) is 0.207. The number of benzene rings is 1. The number of aliphatic hydroxyl groups is 3. The average Bonchev–Trinajstić information content (AvgIpc) is 3.04. The zero-order chi connectivity index (χ0) is 27.8. The summed E-state index contributed by atoms with van der Waals surface area (Å²) in [6, 6.07) is 10.8. The Kier molecular flexibility index (Phi) is 7.78. The van der Waals surface area contributed by atoms with Gasteiger partial charge < -0.3 is 39.7 Å². The van der Waals surface area contributed by atoms with E-state index in [0.717, 1.165) is 5.56 Å². The van der Waals surface area contributed by atoms with Crippen molar-refractivity contribution in [1.82, 2.24) is 0 Å². The lowest BCUT2D eigenvalue weighted by molar-refractivity contribution is -0.369. The first-order valence-corrected chi connectivity index (χ1v) is 11.5. The van der Waals surface area contributed by atoms with Crippen molar-refractivity contribution in [2.75, 3.05) is 0 Å². The molecule has 12 heteroatoms. The topological polar surface area (TPSA) is 204 Å². The molecule has 0 saturated carbocycles. The Morgan fingerprint density at radius 3 is 2.30 bits per heavy atom. The molecule has 2 aliphatic heterocycles. The Hall–Kier alpha value is -3.34. The molecular formula is C25H29NO11. The summed E-state index contributed by atoms with van der Waals surface area (Å²) in [5.41, 5.74) is -5.55. The minimum Gasteiger partial charge on any atom is -0.479 e. The van der Waals surface area contributed by atoms with Gasteiger partial charge in [0.05, 0.1) is 6.07 Å². The molecule has 12 nitrogen and oxygen atoms in total. The van der Waals surface area contributed by atoms with Gasteiger partial charge in [0.2, 0.25) is 17.0 Å². The highest BCUT2D eigenvalue weighted by molar-refractivity contribution is 5.93. The van der Waals surface area contributed by atoms with Crippen LogP contribution < -0.4 is 0 Å². The van der Waals surface area contributed by atoms with E-state index in [2.05, 4.69) is 6.58 Å². The van der Waals surface area contributed by atoms with E-state index in [1.807, 2.05) is 37.3 Å². The van der Waals surface area contributed by atoms with E-state index in [0.29, 0.717) is 12.0 Å². The van der Waals surface area contributed by atoms with E-state index < -0.39 is 65.7 Å². The first-order valence-electron chi connectivity index (χ1n) is 11.5. The van der Waals surface area contributed by atoms with Crippen LogP contribution in [0.4, 0.5) is 0 Å². The molecule has 2 aliphatic rings. The highest BCUT2D eigenvalue weighted by atomic mass is 16.8. The monoisotopic (exact) mass is 519 g/mol. The first kappa shape index (κ1) is 28.2. The number of hydrogen-bond acceptors (Lipinski definition) is 10. The van der Waals surface area contributed by atoms with Gasteiger partial charge in [0, 0.05) is 19.3 Å². The molecule has 2 heterocycles. The molecule has 8 atom stereocenters. The molecular weight excluding hydrogens is 490 g/mol. The molecule has 0 amide bonds.